The lowest BCUT2D eigenvalue weighted by Gasteiger charge is -2.13. The largest absolute Gasteiger partial charge is 0.478 e. The Bertz CT molecular complexity index is 604. The highest BCUT2D eigenvalue weighted by molar-refractivity contribution is 9.10. The molecule has 0 spiro atoms. The molecule has 0 radical (unpaired) electrons. The molecule has 2 N–H and O–H groups in total. The van der Waals surface area contributed by atoms with Gasteiger partial charge in [-0.15, -0.1) is 0 Å². The monoisotopic (exact) mass is 337 g/mol. The minimum atomic E-state index is -0.960. The fourth-order valence-corrected chi connectivity index (χ4v) is 2.23. The number of carbonyl (C=O) groups is 1. The minimum Gasteiger partial charge on any atom is -0.478 e. The van der Waals surface area contributed by atoms with Crippen molar-refractivity contribution in [3.63, 3.8) is 0 Å². The molecule has 0 aliphatic heterocycles. The van der Waals surface area contributed by atoms with Gasteiger partial charge in [0.15, 0.2) is 0 Å². The third-order valence-corrected chi connectivity index (χ3v) is 3.68. The van der Waals surface area contributed by atoms with Gasteiger partial charge in [-0.25, -0.2) is 4.79 Å². The van der Waals surface area contributed by atoms with Gasteiger partial charge in [0.25, 0.3) is 0 Å². The van der Waals surface area contributed by atoms with E-state index in [1.54, 1.807) is 13.0 Å². The summed E-state index contributed by atoms with van der Waals surface area (Å²) in [6, 6.07) is 9.79. The highest BCUT2D eigenvalue weighted by atomic mass is 79.9. The van der Waals surface area contributed by atoms with Crippen molar-refractivity contribution in [2.75, 3.05) is 0 Å². The number of aryl methyl sites for hydroxylation is 1. The fraction of sp³-hybridized carbons (Fsp3) is 0.267. The predicted molar refractivity (Wildman–Crippen MR) is 79.8 cm³/mol. The summed E-state index contributed by atoms with van der Waals surface area (Å²) in [5.74, 6) is 0.105. The number of halogens is 1. The molecule has 1 aromatic heterocycles. The van der Waals surface area contributed by atoms with Crippen LogP contribution in [0.2, 0.25) is 0 Å². The first kappa shape index (κ1) is 14.8. The van der Waals surface area contributed by atoms with E-state index in [1.165, 1.54) is 0 Å². The Morgan fingerprint density at radius 1 is 1.40 bits per heavy atom. The van der Waals surface area contributed by atoms with Gasteiger partial charge in [-0.2, -0.15) is 0 Å². The summed E-state index contributed by atoms with van der Waals surface area (Å²) in [5, 5.41) is 12.3. The van der Waals surface area contributed by atoms with E-state index in [-0.39, 0.29) is 11.6 Å². The molecule has 1 atom stereocenters. The van der Waals surface area contributed by atoms with Crippen LogP contribution in [0.3, 0.4) is 0 Å². The van der Waals surface area contributed by atoms with E-state index >= 15 is 0 Å². The Morgan fingerprint density at radius 2 is 2.05 bits per heavy atom. The smallest absolute Gasteiger partial charge is 0.339 e. The van der Waals surface area contributed by atoms with E-state index in [0.717, 1.165) is 10.0 Å². The maximum absolute atomic E-state index is 10.9. The van der Waals surface area contributed by atoms with Crippen molar-refractivity contribution >= 4 is 21.9 Å². The van der Waals surface area contributed by atoms with Gasteiger partial charge < -0.3 is 14.8 Å². The number of carboxylic acids is 1. The molecule has 1 heterocycles. The van der Waals surface area contributed by atoms with Crippen molar-refractivity contribution < 1.29 is 14.3 Å². The highest BCUT2D eigenvalue weighted by Gasteiger charge is 2.14. The van der Waals surface area contributed by atoms with Gasteiger partial charge in [0, 0.05) is 10.5 Å². The van der Waals surface area contributed by atoms with E-state index in [0.29, 0.717) is 18.1 Å². The van der Waals surface area contributed by atoms with Crippen LogP contribution in [0.15, 0.2) is 39.2 Å². The zero-order valence-electron chi connectivity index (χ0n) is 11.3. The standard InChI is InChI=1S/C15H16BrNO3/c1-9(11-3-5-12(16)6-4-11)17-8-13-7-14(15(18)19)10(2)20-13/h3-7,9,17H,8H2,1-2H3,(H,18,19). The third kappa shape index (κ3) is 3.49. The van der Waals surface area contributed by atoms with Crippen LogP contribution in [0.1, 0.15) is 40.4 Å². The normalized spacial score (nSPS) is 12.3. The molecule has 0 aliphatic rings. The van der Waals surface area contributed by atoms with Crippen LogP contribution in [0, 0.1) is 6.92 Å². The molecule has 1 aromatic carbocycles. The maximum atomic E-state index is 10.9. The summed E-state index contributed by atoms with van der Waals surface area (Å²) >= 11 is 3.40. The molecular formula is C15H16BrNO3. The number of nitrogens with one attached hydrogen (secondary N) is 1. The number of rotatable bonds is 5. The summed E-state index contributed by atoms with van der Waals surface area (Å²) in [4.78, 5) is 10.9. The molecule has 2 rings (SSSR count). The lowest BCUT2D eigenvalue weighted by atomic mass is 10.1. The first-order valence-electron chi connectivity index (χ1n) is 6.29. The quantitative estimate of drug-likeness (QED) is 0.868. The third-order valence-electron chi connectivity index (χ3n) is 3.15. The lowest BCUT2D eigenvalue weighted by Crippen LogP contribution is -2.17. The van der Waals surface area contributed by atoms with Gasteiger partial charge >= 0.3 is 5.97 Å². The number of furan rings is 1. The number of hydrogen-bond donors (Lipinski definition) is 2. The summed E-state index contributed by atoms with van der Waals surface area (Å²) < 4.78 is 6.47. The second-order valence-electron chi connectivity index (χ2n) is 4.64. The number of aromatic carboxylic acids is 1. The predicted octanol–water partition coefficient (Wildman–Crippen LogP) is 3.90. The average Bonchev–Trinajstić information content (AvgIpc) is 2.78. The molecule has 0 saturated carbocycles. The Hall–Kier alpha value is -1.59. The fourth-order valence-electron chi connectivity index (χ4n) is 1.97. The second-order valence-corrected chi connectivity index (χ2v) is 5.56. The van der Waals surface area contributed by atoms with Crippen LogP contribution >= 0.6 is 15.9 Å². The Labute approximate surface area is 125 Å². The van der Waals surface area contributed by atoms with Crippen LogP contribution in [0.4, 0.5) is 0 Å². The molecule has 2 aromatic rings. The van der Waals surface area contributed by atoms with Gasteiger partial charge in [0.1, 0.15) is 17.1 Å². The topological polar surface area (TPSA) is 62.5 Å². The highest BCUT2D eigenvalue weighted by Crippen LogP contribution is 2.18. The van der Waals surface area contributed by atoms with Gasteiger partial charge in [-0.1, -0.05) is 28.1 Å². The first-order chi connectivity index (χ1) is 9.47. The first-order valence-corrected chi connectivity index (χ1v) is 7.08. The molecule has 0 fully saturated rings. The molecule has 0 aliphatic carbocycles. The Kier molecular flexibility index (Phi) is 4.62. The van der Waals surface area contributed by atoms with Gasteiger partial charge in [0.2, 0.25) is 0 Å². The van der Waals surface area contributed by atoms with E-state index in [4.69, 9.17) is 9.52 Å². The van der Waals surface area contributed by atoms with Crippen molar-refractivity contribution in [3.8, 4) is 0 Å². The maximum Gasteiger partial charge on any atom is 0.339 e. The zero-order chi connectivity index (χ0) is 14.7. The number of carboxylic acid groups (broad SMARTS) is 1. The molecule has 0 saturated heterocycles. The average molecular weight is 338 g/mol. The Balaban J connectivity index is 1.99. The van der Waals surface area contributed by atoms with E-state index in [9.17, 15) is 4.79 Å². The number of hydrogen-bond acceptors (Lipinski definition) is 3. The Morgan fingerprint density at radius 3 is 2.60 bits per heavy atom. The summed E-state index contributed by atoms with van der Waals surface area (Å²) in [7, 11) is 0. The molecular weight excluding hydrogens is 322 g/mol. The van der Waals surface area contributed by atoms with Crippen LogP contribution in [0.25, 0.3) is 0 Å². The van der Waals surface area contributed by atoms with E-state index in [2.05, 4.69) is 28.2 Å². The zero-order valence-corrected chi connectivity index (χ0v) is 12.9. The number of benzene rings is 1. The molecule has 106 valence electrons. The van der Waals surface area contributed by atoms with Crippen LogP contribution < -0.4 is 5.32 Å². The second kappa shape index (κ2) is 6.24. The van der Waals surface area contributed by atoms with Crippen LogP contribution in [0.5, 0.6) is 0 Å². The summed E-state index contributed by atoms with van der Waals surface area (Å²) in [6.07, 6.45) is 0. The summed E-state index contributed by atoms with van der Waals surface area (Å²) in [5.41, 5.74) is 1.38. The van der Waals surface area contributed by atoms with Crippen molar-refractivity contribution in [1.29, 1.82) is 0 Å². The molecule has 20 heavy (non-hydrogen) atoms. The van der Waals surface area contributed by atoms with Gasteiger partial charge in [-0.3, -0.25) is 0 Å². The minimum absolute atomic E-state index is 0.154. The van der Waals surface area contributed by atoms with Crippen molar-refractivity contribution in [2.45, 2.75) is 26.4 Å². The van der Waals surface area contributed by atoms with Crippen LogP contribution in [-0.4, -0.2) is 11.1 Å². The van der Waals surface area contributed by atoms with Gasteiger partial charge in [0.05, 0.1) is 6.54 Å². The van der Waals surface area contributed by atoms with Crippen molar-refractivity contribution in [2.24, 2.45) is 0 Å². The molecule has 0 amide bonds. The lowest BCUT2D eigenvalue weighted by molar-refractivity contribution is 0.0695. The van der Waals surface area contributed by atoms with Crippen molar-refractivity contribution in [3.05, 3.63) is 57.5 Å². The van der Waals surface area contributed by atoms with Crippen LogP contribution in [-0.2, 0) is 6.54 Å². The summed E-state index contributed by atoms with van der Waals surface area (Å²) in [6.45, 7) is 4.20. The van der Waals surface area contributed by atoms with Gasteiger partial charge in [-0.05, 0) is 37.6 Å². The molecule has 4 nitrogen and oxygen atoms in total. The van der Waals surface area contributed by atoms with E-state index in [1.807, 2.05) is 24.3 Å². The molecule has 0 bridgehead atoms. The molecule has 5 heteroatoms. The van der Waals surface area contributed by atoms with E-state index < -0.39 is 5.97 Å². The SMILES string of the molecule is Cc1oc(CNC(C)c2ccc(Br)cc2)cc1C(=O)O. The molecule has 1 unspecified atom stereocenters. The van der Waals surface area contributed by atoms with Crippen molar-refractivity contribution in [1.82, 2.24) is 5.32 Å².